The van der Waals surface area contributed by atoms with Gasteiger partial charge in [-0.25, -0.2) is 0 Å². The predicted octanol–water partition coefficient (Wildman–Crippen LogP) is 1.87. The van der Waals surface area contributed by atoms with Crippen molar-refractivity contribution in [2.75, 3.05) is 26.3 Å². The van der Waals surface area contributed by atoms with Gasteiger partial charge in [0, 0.05) is 24.2 Å². The molecule has 1 aliphatic rings. The first-order valence-electron chi connectivity index (χ1n) is 7.53. The fourth-order valence-electron chi connectivity index (χ4n) is 2.36. The summed E-state index contributed by atoms with van der Waals surface area (Å²) in [7, 11) is -3.85. The minimum atomic E-state index is -3.85. The van der Waals surface area contributed by atoms with Crippen molar-refractivity contribution in [1.29, 1.82) is 0 Å². The molecule has 0 unspecified atom stereocenters. The van der Waals surface area contributed by atoms with Crippen molar-refractivity contribution in [2.45, 2.75) is 0 Å². The molecule has 2 aromatic rings. The number of benzene rings is 2. The molecule has 1 fully saturated rings. The van der Waals surface area contributed by atoms with Crippen molar-refractivity contribution < 1.29 is 22.1 Å². The van der Waals surface area contributed by atoms with Crippen molar-refractivity contribution >= 4 is 16.1 Å². The van der Waals surface area contributed by atoms with Crippen molar-refractivity contribution in [3.8, 4) is 5.75 Å². The lowest BCUT2D eigenvalue weighted by Crippen LogP contribution is -2.42. The Morgan fingerprint density at radius 1 is 0.917 bits per heavy atom. The van der Waals surface area contributed by atoms with E-state index in [2.05, 4.69) is 0 Å². The van der Waals surface area contributed by atoms with Crippen LogP contribution < -0.4 is 4.18 Å². The maximum Gasteiger partial charge on any atom is 0.385 e. The summed E-state index contributed by atoms with van der Waals surface area (Å²) in [6, 6.07) is 15.0. The van der Waals surface area contributed by atoms with Crippen molar-refractivity contribution in [3.63, 3.8) is 0 Å². The third-order valence-corrected chi connectivity index (χ3v) is 5.04. The second-order valence-electron chi connectivity index (χ2n) is 5.27. The summed E-state index contributed by atoms with van der Waals surface area (Å²) < 4.78 is 35.8. The van der Waals surface area contributed by atoms with Gasteiger partial charge >= 0.3 is 10.3 Å². The zero-order chi connectivity index (χ0) is 17.0. The van der Waals surface area contributed by atoms with Crippen LogP contribution in [0, 0.1) is 0 Å². The average molecular weight is 347 g/mol. The molecule has 24 heavy (non-hydrogen) atoms. The standard InChI is InChI=1S/C17H17NO5S/c19-17(14-4-2-1-3-5-14)15-6-8-16(9-7-15)23-24(20,21)18-10-12-22-13-11-18/h1-9H,10-13H2. The smallest absolute Gasteiger partial charge is 0.379 e. The Balaban J connectivity index is 1.71. The fraction of sp³-hybridized carbons (Fsp3) is 0.235. The van der Waals surface area contributed by atoms with Crippen LogP contribution in [-0.2, 0) is 15.0 Å². The number of morpholine rings is 1. The maximum atomic E-state index is 12.3. The molecule has 0 saturated carbocycles. The molecule has 1 heterocycles. The zero-order valence-electron chi connectivity index (χ0n) is 12.9. The maximum absolute atomic E-state index is 12.3. The number of carbonyl (C=O) groups excluding carboxylic acids is 1. The van der Waals surface area contributed by atoms with Gasteiger partial charge in [-0.2, -0.15) is 12.7 Å². The Hall–Kier alpha value is -2.22. The topological polar surface area (TPSA) is 72.9 Å². The third kappa shape index (κ3) is 3.81. The van der Waals surface area contributed by atoms with Gasteiger partial charge in [0.2, 0.25) is 0 Å². The van der Waals surface area contributed by atoms with Crippen LogP contribution in [0.2, 0.25) is 0 Å². The first-order valence-corrected chi connectivity index (χ1v) is 8.90. The summed E-state index contributed by atoms with van der Waals surface area (Å²) in [5.41, 5.74) is 1.05. The molecule has 3 rings (SSSR count). The van der Waals surface area contributed by atoms with Gasteiger partial charge in [-0.05, 0) is 24.3 Å². The molecule has 2 aromatic carbocycles. The van der Waals surface area contributed by atoms with E-state index in [1.54, 1.807) is 36.4 Å². The van der Waals surface area contributed by atoms with Gasteiger partial charge in [0.05, 0.1) is 13.2 Å². The quantitative estimate of drug-likeness (QED) is 0.772. The number of rotatable bonds is 5. The molecule has 0 atom stereocenters. The number of ketones is 1. The highest BCUT2D eigenvalue weighted by Crippen LogP contribution is 2.18. The first-order chi connectivity index (χ1) is 11.6. The molecule has 0 amide bonds. The molecule has 0 spiro atoms. The van der Waals surface area contributed by atoms with Crippen LogP contribution in [0.1, 0.15) is 15.9 Å². The Bertz CT molecular complexity index is 797. The monoisotopic (exact) mass is 347 g/mol. The van der Waals surface area contributed by atoms with E-state index in [1.807, 2.05) is 6.07 Å². The molecule has 0 aliphatic carbocycles. The molecule has 0 bridgehead atoms. The van der Waals surface area contributed by atoms with E-state index in [1.165, 1.54) is 16.4 Å². The first kappa shape index (κ1) is 16.6. The molecule has 0 radical (unpaired) electrons. The summed E-state index contributed by atoms with van der Waals surface area (Å²) in [6.45, 7) is 1.25. The van der Waals surface area contributed by atoms with E-state index in [0.29, 0.717) is 24.3 Å². The van der Waals surface area contributed by atoms with E-state index < -0.39 is 10.3 Å². The Morgan fingerprint density at radius 3 is 2.12 bits per heavy atom. The predicted molar refractivity (Wildman–Crippen MR) is 88.3 cm³/mol. The van der Waals surface area contributed by atoms with Gasteiger partial charge in [-0.1, -0.05) is 30.3 Å². The Kier molecular flexibility index (Phi) is 4.94. The van der Waals surface area contributed by atoms with E-state index in [9.17, 15) is 13.2 Å². The molecule has 0 N–H and O–H groups in total. The minimum Gasteiger partial charge on any atom is -0.379 e. The van der Waals surface area contributed by atoms with Gasteiger partial charge in [0.25, 0.3) is 0 Å². The van der Waals surface area contributed by atoms with Crippen LogP contribution >= 0.6 is 0 Å². The second kappa shape index (κ2) is 7.12. The van der Waals surface area contributed by atoms with E-state index in [-0.39, 0.29) is 24.6 Å². The summed E-state index contributed by atoms with van der Waals surface area (Å²) in [4.78, 5) is 12.3. The third-order valence-electron chi connectivity index (χ3n) is 3.64. The largest absolute Gasteiger partial charge is 0.385 e. The lowest BCUT2D eigenvalue weighted by molar-refractivity contribution is 0.0698. The van der Waals surface area contributed by atoms with Crippen molar-refractivity contribution in [2.24, 2.45) is 0 Å². The molecule has 1 saturated heterocycles. The summed E-state index contributed by atoms with van der Waals surface area (Å²) in [5.74, 6) is 0.0456. The molecule has 0 aromatic heterocycles. The van der Waals surface area contributed by atoms with Gasteiger partial charge < -0.3 is 8.92 Å². The Labute approximate surface area is 140 Å². The lowest BCUT2D eigenvalue weighted by Gasteiger charge is -2.25. The van der Waals surface area contributed by atoms with Gasteiger partial charge in [0.1, 0.15) is 5.75 Å². The SMILES string of the molecule is O=C(c1ccccc1)c1ccc(OS(=O)(=O)N2CCOCC2)cc1. The molecule has 6 nitrogen and oxygen atoms in total. The van der Waals surface area contributed by atoms with Crippen LogP contribution in [0.15, 0.2) is 54.6 Å². The molecule has 7 heteroatoms. The number of nitrogens with zero attached hydrogens (tertiary/aromatic N) is 1. The van der Waals surface area contributed by atoms with Crippen LogP contribution in [-0.4, -0.2) is 44.8 Å². The summed E-state index contributed by atoms with van der Waals surface area (Å²) >= 11 is 0. The van der Waals surface area contributed by atoms with Crippen LogP contribution in [0.25, 0.3) is 0 Å². The van der Waals surface area contributed by atoms with Crippen LogP contribution in [0.5, 0.6) is 5.75 Å². The Morgan fingerprint density at radius 2 is 1.50 bits per heavy atom. The highest BCUT2D eigenvalue weighted by atomic mass is 32.2. The molecular formula is C17H17NO5S. The fourth-order valence-corrected chi connectivity index (χ4v) is 3.42. The zero-order valence-corrected chi connectivity index (χ0v) is 13.7. The number of hydrogen-bond acceptors (Lipinski definition) is 5. The van der Waals surface area contributed by atoms with Crippen LogP contribution in [0.4, 0.5) is 0 Å². The summed E-state index contributed by atoms with van der Waals surface area (Å²) in [6.07, 6.45) is 0. The number of carbonyl (C=O) groups is 1. The van der Waals surface area contributed by atoms with Gasteiger partial charge in [0.15, 0.2) is 5.78 Å². The second-order valence-corrected chi connectivity index (χ2v) is 6.81. The van der Waals surface area contributed by atoms with E-state index >= 15 is 0 Å². The average Bonchev–Trinajstić information content (AvgIpc) is 2.63. The highest BCUT2D eigenvalue weighted by molar-refractivity contribution is 7.84. The van der Waals surface area contributed by atoms with Gasteiger partial charge in [-0.3, -0.25) is 4.79 Å². The van der Waals surface area contributed by atoms with Gasteiger partial charge in [-0.15, -0.1) is 0 Å². The van der Waals surface area contributed by atoms with E-state index in [0.717, 1.165) is 0 Å². The van der Waals surface area contributed by atoms with Crippen molar-refractivity contribution in [3.05, 3.63) is 65.7 Å². The highest BCUT2D eigenvalue weighted by Gasteiger charge is 2.26. The lowest BCUT2D eigenvalue weighted by atomic mass is 10.0. The molecule has 126 valence electrons. The summed E-state index contributed by atoms with van der Waals surface area (Å²) in [5, 5.41) is 0. The van der Waals surface area contributed by atoms with Crippen LogP contribution in [0.3, 0.4) is 0 Å². The normalized spacial score (nSPS) is 15.8. The number of hydrogen-bond donors (Lipinski definition) is 0. The minimum absolute atomic E-state index is 0.127. The van der Waals surface area contributed by atoms with E-state index in [4.69, 9.17) is 8.92 Å². The van der Waals surface area contributed by atoms with Crippen molar-refractivity contribution in [1.82, 2.24) is 4.31 Å². The number of ether oxygens (including phenoxy) is 1. The molecular weight excluding hydrogens is 330 g/mol. The molecule has 1 aliphatic heterocycles.